The average Bonchev–Trinajstić information content (AvgIpc) is 2.85. The number of tetrazole rings is 1. The zero-order valence-electron chi connectivity index (χ0n) is 11.7. The number of aryl methyl sites for hydroxylation is 1. The fourth-order valence-corrected chi connectivity index (χ4v) is 2.81. The van der Waals surface area contributed by atoms with Crippen molar-refractivity contribution in [1.82, 2.24) is 25.2 Å². The van der Waals surface area contributed by atoms with Crippen LogP contribution in [0.5, 0.6) is 0 Å². The molecule has 9 nitrogen and oxygen atoms in total. The van der Waals surface area contributed by atoms with Crippen LogP contribution in [-0.4, -0.2) is 36.7 Å². The summed E-state index contributed by atoms with van der Waals surface area (Å²) in [5, 5.41) is 23.0. The molecule has 2 rings (SSSR count). The molecule has 0 saturated heterocycles. The monoisotopic (exact) mass is 309 g/mol. The lowest BCUT2D eigenvalue weighted by Crippen LogP contribution is -2.12. The lowest BCUT2D eigenvalue weighted by molar-refractivity contribution is -0.386. The van der Waals surface area contributed by atoms with E-state index in [0.717, 1.165) is 0 Å². The second-order valence-corrected chi connectivity index (χ2v) is 5.32. The third kappa shape index (κ3) is 3.34. The first kappa shape index (κ1) is 15.3. The van der Waals surface area contributed by atoms with Crippen LogP contribution in [0.25, 0.3) is 0 Å². The van der Waals surface area contributed by atoms with E-state index in [1.165, 1.54) is 18.0 Å². The summed E-state index contributed by atoms with van der Waals surface area (Å²) in [4.78, 5) is 15.0. The van der Waals surface area contributed by atoms with Gasteiger partial charge in [-0.1, -0.05) is 11.8 Å². The molecule has 0 radical (unpaired) electrons. The molecule has 0 aromatic carbocycles. The van der Waals surface area contributed by atoms with Crippen LogP contribution < -0.4 is 5.73 Å². The van der Waals surface area contributed by atoms with Gasteiger partial charge in [0.25, 0.3) is 5.69 Å². The lowest BCUT2D eigenvalue weighted by atomic mass is 10.1. The fourth-order valence-electron chi connectivity index (χ4n) is 1.89. The van der Waals surface area contributed by atoms with Gasteiger partial charge >= 0.3 is 0 Å². The molecule has 10 heteroatoms. The predicted molar refractivity (Wildman–Crippen MR) is 76.8 cm³/mol. The Morgan fingerprint density at radius 1 is 1.48 bits per heavy atom. The fraction of sp³-hybridized carbons (Fsp3) is 0.455. The smallest absolute Gasteiger partial charge is 0.278 e. The molecule has 0 amide bonds. The van der Waals surface area contributed by atoms with Crippen LogP contribution in [0.15, 0.2) is 11.4 Å². The van der Waals surface area contributed by atoms with Gasteiger partial charge in [-0.2, -0.15) is 0 Å². The van der Waals surface area contributed by atoms with Gasteiger partial charge in [0.05, 0.1) is 17.2 Å². The minimum Gasteiger partial charge on any atom is -0.329 e. The number of rotatable bonds is 6. The molecule has 21 heavy (non-hydrogen) atoms. The Bertz CT molecular complexity index is 658. The SMILES string of the molecule is Cc1cnc(CSc2nnnn2CCN)c(C)c1[N+](=O)[O-]. The molecule has 0 saturated carbocycles. The molecule has 0 aliphatic carbocycles. The lowest BCUT2D eigenvalue weighted by Gasteiger charge is -2.07. The van der Waals surface area contributed by atoms with Crippen LogP contribution in [0, 0.1) is 24.0 Å². The summed E-state index contributed by atoms with van der Waals surface area (Å²) in [6, 6.07) is 0. The minimum absolute atomic E-state index is 0.113. The number of nitro groups is 1. The van der Waals surface area contributed by atoms with E-state index in [-0.39, 0.29) is 10.6 Å². The van der Waals surface area contributed by atoms with E-state index >= 15 is 0 Å². The van der Waals surface area contributed by atoms with Gasteiger partial charge in [0.1, 0.15) is 0 Å². The molecule has 112 valence electrons. The van der Waals surface area contributed by atoms with Gasteiger partial charge in [-0.15, -0.1) is 5.10 Å². The van der Waals surface area contributed by atoms with Crippen molar-refractivity contribution in [3.05, 3.63) is 33.1 Å². The number of aromatic nitrogens is 5. The van der Waals surface area contributed by atoms with E-state index < -0.39 is 0 Å². The third-order valence-electron chi connectivity index (χ3n) is 2.94. The molecule has 0 fully saturated rings. The summed E-state index contributed by atoms with van der Waals surface area (Å²) in [6.07, 6.45) is 1.52. The highest BCUT2D eigenvalue weighted by atomic mass is 32.2. The highest BCUT2D eigenvalue weighted by molar-refractivity contribution is 7.98. The minimum atomic E-state index is -0.376. The van der Waals surface area contributed by atoms with Crippen LogP contribution in [0.3, 0.4) is 0 Å². The number of nitrogens with two attached hydrogens (primary N) is 1. The number of hydrogen-bond acceptors (Lipinski definition) is 8. The normalized spacial score (nSPS) is 10.8. The first-order valence-electron chi connectivity index (χ1n) is 6.23. The second-order valence-electron chi connectivity index (χ2n) is 4.38. The quantitative estimate of drug-likeness (QED) is 0.472. The third-order valence-corrected chi connectivity index (χ3v) is 3.90. The van der Waals surface area contributed by atoms with E-state index in [1.807, 2.05) is 0 Å². The van der Waals surface area contributed by atoms with Crippen molar-refractivity contribution in [1.29, 1.82) is 0 Å². The maximum absolute atomic E-state index is 11.1. The van der Waals surface area contributed by atoms with Crippen molar-refractivity contribution in [3.63, 3.8) is 0 Å². The van der Waals surface area contributed by atoms with E-state index in [2.05, 4.69) is 20.5 Å². The molecule has 2 aromatic rings. The first-order valence-corrected chi connectivity index (χ1v) is 7.21. The molecule has 2 aromatic heterocycles. The van der Waals surface area contributed by atoms with Crippen LogP contribution in [0.2, 0.25) is 0 Å². The van der Waals surface area contributed by atoms with Crippen molar-refractivity contribution in [2.45, 2.75) is 31.3 Å². The molecule has 0 spiro atoms. The van der Waals surface area contributed by atoms with Crippen molar-refractivity contribution >= 4 is 17.4 Å². The zero-order valence-corrected chi connectivity index (χ0v) is 12.5. The number of hydrogen-bond donors (Lipinski definition) is 1. The molecule has 0 aliphatic rings. The van der Waals surface area contributed by atoms with Gasteiger partial charge < -0.3 is 5.73 Å². The molecule has 0 unspecified atom stereocenters. The topological polar surface area (TPSA) is 126 Å². The maximum atomic E-state index is 11.1. The van der Waals surface area contributed by atoms with Crippen molar-refractivity contribution in [2.24, 2.45) is 5.73 Å². The maximum Gasteiger partial charge on any atom is 0.278 e. The van der Waals surface area contributed by atoms with Gasteiger partial charge in [0, 0.05) is 29.6 Å². The Kier molecular flexibility index (Phi) is 4.81. The van der Waals surface area contributed by atoms with Crippen molar-refractivity contribution in [2.75, 3.05) is 6.54 Å². The molecular weight excluding hydrogens is 294 g/mol. The Labute approximate surface area is 125 Å². The number of nitrogens with zero attached hydrogens (tertiary/aromatic N) is 6. The molecule has 2 heterocycles. The van der Waals surface area contributed by atoms with E-state index in [0.29, 0.717) is 40.8 Å². The van der Waals surface area contributed by atoms with E-state index in [9.17, 15) is 10.1 Å². The molecule has 0 atom stereocenters. The summed E-state index contributed by atoms with van der Waals surface area (Å²) in [7, 11) is 0. The van der Waals surface area contributed by atoms with E-state index in [4.69, 9.17) is 5.73 Å². The number of pyridine rings is 1. The standard InChI is InChI=1S/C11H15N7O2S/c1-7-5-13-9(8(2)10(7)18(19)20)6-21-11-14-15-16-17(11)4-3-12/h5H,3-4,6,12H2,1-2H3. The highest BCUT2D eigenvalue weighted by Gasteiger charge is 2.19. The summed E-state index contributed by atoms with van der Waals surface area (Å²) >= 11 is 1.37. The average molecular weight is 309 g/mol. The van der Waals surface area contributed by atoms with Crippen LogP contribution >= 0.6 is 11.8 Å². The second kappa shape index (κ2) is 6.59. The van der Waals surface area contributed by atoms with Gasteiger partial charge in [-0.25, -0.2) is 4.68 Å². The Morgan fingerprint density at radius 2 is 2.24 bits per heavy atom. The largest absolute Gasteiger partial charge is 0.329 e. The Balaban J connectivity index is 2.19. The van der Waals surface area contributed by atoms with Gasteiger partial charge in [-0.3, -0.25) is 15.1 Å². The first-order chi connectivity index (χ1) is 10.0. The Hall–Kier alpha value is -2.07. The summed E-state index contributed by atoms with van der Waals surface area (Å²) < 4.78 is 1.60. The molecule has 0 aliphatic heterocycles. The Morgan fingerprint density at radius 3 is 2.90 bits per heavy atom. The zero-order chi connectivity index (χ0) is 15.4. The van der Waals surface area contributed by atoms with Gasteiger partial charge in [0.2, 0.25) is 5.16 Å². The summed E-state index contributed by atoms with van der Waals surface area (Å²) in [5.74, 6) is 0.456. The predicted octanol–water partition coefficient (Wildman–Crippen LogP) is 0.844. The molecule has 2 N–H and O–H groups in total. The summed E-state index contributed by atoms with van der Waals surface area (Å²) in [5.41, 5.74) is 7.37. The van der Waals surface area contributed by atoms with Crippen LogP contribution in [0.4, 0.5) is 5.69 Å². The molecular formula is C11H15N7O2S. The highest BCUT2D eigenvalue weighted by Crippen LogP contribution is 2.28. The van der Waals surface area contributed by atoms with Crippen LogP contribution in [-0.2, 0) is 12.3 Å². The van der Waals surface area contributed by atoms with Crippen LogP contribution in [0.1, 0.15) is 16.8 Å². The van der Waals surface area contributed by atoms with Crippen molar-refractivity contribution in [3.8, 4) is 0 Å². The van der Waals surface area contributed by atoms with Crippen molar-refractivity contribution < 1.29 is 4.92 Å². The van der Waals surface area contributed by atoms with Gasteiger partial charge in [-0.05, 0) is 24.3 Å². The van der Waals surface area contributed by atoms with Gasteiger partial charge in [0.15, 0.2) is 0 Å². The summed E-state index contributed by atoms with van der Waals surface area (Å²) in [6.45, 7) is 4.34. The van der Waals surface area contributed by atoms with E-state index in [1.54, 1.807) is 18.5 Å². The number of thioether (sulfide) groups is 1. The molecule has 0 bridgehead atoms.